The molecule has 0 amide bonds. The van der Waals surface area contributed by atoms with Crippen LogP contribution in [0.25, 0.3) is 0 Å². The lowest BCUT2D eigenvalue weighted by Gasteiger charge is -2.18. The Hall–Kier alpha value is -1.59. The van der Waals surface area contributed by atoms with E-state index in [1.54, 1.807) is 0 Å². The Morgan fingerprint density at radius 1 is 0.356 bits per heavy atom. The predicted octanol–water partition coefficient (Wildman–Crippen LogP) is 11.7. The molecule has 0 unspecified atom stereocenters. The molecule has 0 rings (SSSR count). The lowest BCUT2D eigenvalue weighted by Crippen LogP contribution is -2.30. The van der Waals surface area contributed by atoms with Gasteiger partial charge in [-0.3, -0.25) is 14.4 Å². The first-order valence-electron chi connectivity index (χ1n) is 19.5. The molecular formula is C39H74O6. The van der Waals surface area contributed by atoms with Crippen LogP contribution in [-0.4, -0.2) is 37.2 Å². The minimum absolute atomic E-state index is 0.0658. The molecule has 6 nitrogen and oxygen atoms in total. The highest BCUT2D eigenvalue weighted by Gasteiger charge is 2.19. The molecular weight excluding hydrogens is 564 g/mol. The minimum atomic E-state index is -0.754. The highest BCUT2D eigenvalue weighted by atomic mass is 16.6. The van der Waals surface area contributed by atoms with Crippen LogP contribution in [-0.2, 0) is 28.6 Å². The summed E-state index contributed by atoms with van der Waals surface area (Å²) in [5, 5.41) is 0. The van der Waals surface area contributed by atoms with Gasteiger partial charge in [-0.2, -0.15) is 0 Å². The van der Waals surface area contributed by atoms with Gasteiger partial charge >= 0.3 is 17.9 Å². The van der Waals surface area contributed by atoms with Gasteiger partial charge in [0.05, 0.1) is 0 Å². The average Bonchev–Trinajstić information content (AvgIpc) is 3.03. The number of hydrogen-bond donors (Lipinski definition) is 0. The summed E-state index contributed by atoms with van der Waals surface area (Å²) in [5.74, 6) is -0.882. The molecule has 0 heterocycles. The summed E-state index contributed by atoms with van der Waals surface area (Å²) < 4.78 is 16.5. The second-order valence-corrected chi connectivity index (χ2v) is 13.2. The highest BCUT2D eigenvalue weighted by molar-refractivity contribution is 5.71. The molecule has 0 aliphatic heterocycles. The first kappa shape index (κ1) is 43.4. The first-order valence-corrected chi connectivity index (χ1v) is 19.5. The Labute approximate surface area is 278 Å². The summed E-state index contributed by atoms with van der Waals surface area (Å²) in [5.41, 5.74) is 0. The predicted molar refractivity (Wildman–Crippen MR) is 187 cm³/mol. The molecule has 0 bridgehead atoms. The van der Waals surface area contributed by atoms with Crippen molar-refractivity contribution < 1.29 is 28.6 Å². The van der Waals surface area contributed by atoms with Gasteiger partial charge in [0.25, 0.3) is 0 Å². The minimum Gasteiger partial charge on any atom is -0.462 e. The fourth-order valence-corrected chi connectivity index (χ4v) is 5.62. The van der Waals surface area contributed by atoms with Gasteiger partial charge in [0.15, 0.2) is 6.10 Å². The van der Waals surface area contributed by atoms with Crippen molar-refractivity contribution in [2.45, 2.75) is 219 Å². The van der Waals surface area contributed by atoms with E-state index in [0.717, 1.165) is 64.2 Å². The summed E-state index contributed by atoms with van der Waals surface area (Å²) in [4.78, 5) is 37.1. The van der Waals surface area contributed by atoms with E-state index in [9.17, 15) is 14.4 Å². The third-order valence-electron chi connectivity index (χ3n) is 8.61. The van der Waals surface area contributed by atoms with Crippen molar-refractivity contribution >= 4 is 17.9 Å². The van der Waals surface area contributed by atoms with Crippen LogP contribution in [0.3, 0.4) is 0 Å². The van der Waals surface area contributed by atoms with Crippen molar-refractivity contribution in [2.24, 2.45) is 0 Å². The van der Waals surface area contributed by atoms with Crippen molar-refractivity contribution in [3.63, 3.8) is 0 Å². The van der Waals surface area contributed by atoms with E-state index in [1.165, 1.54) is 109 Å². The maximum absolute atomic E-state index is 12.6. The maximum Gasteiger partial charge on any atom is 0.306 e. The molecule has 0 radical (unpaired) electrons. The van der Waals surface area contributed by atoms with E-state index in [-0.39, 0.29) is 31.1 Å². The molecule has 0 aromatic rings. The number of ether oxygens (including phenoxy) is 3. The maximum atomic E-state index is 12.6. The van der Waals surface area contributed by atoms with Gasteiger partial charge in [0.2, 0.25) is 0 Å². The molecule has 0 N–H and O–H groups in total. The van der Waals surface area contributed by atoms with E-state index in [1.807, 2.05) is 0 Å². The third-order valence-corrected chi connectivity index (χ3v) is 8.61. The summed E-state index contributed by atoms with van der Waals surface area (Å²) in [6.45, 7) is 6.51. The van der Waals surface area contributed by atoms with E-state index in [2.05, 4.69) is 20.8 Å². The SMILES string of the molecule is CCCCCCCCCCCCCCCCCC(=O)O[C@H](COC(=O)CCCCCCC)COC(=O)CCCCCCCCC. The normalized spacial score (nSPS) is 11.8. The number of esters is 3. The van der Waals surface area contributed by atoms with Crippen molar-refractivity contribution in [2.75, 3.05) is 13.2 Å². The Kier molecular flexibility index (Phi) is 34.0. The topological polar surface area (TPSA) is 78.9 Å². The van der Waals surface area contributed by atoms with Crippen molar-refractivity contribution in [1.29, 1.82) is 0 Å². The summed E-state index contributed by atoms with van der Waals surface area (Å²) in [6, 6.07) is 0. The quantitative estimate of drug-likeness (QED) is 0.0390. The average molecular weight is 639 g/mol. The van der Waals surface area contributed by atoms with Gasteiger partial charge in [-0.1, -0.05) is 175 Å². The van der Waals surface area contributed by atoms with Crippen molar-refractivity contribution in [3.8, 4) is 0 Å². The van der Waals surface area contributed by atoms with E-state index in [4.69, 9.17) is 14.2 Å². The second kappa shape index (κ2) is 35.3. The Morgan fingerprint density at radius 2 is 0.600 bits per heavy atom. The molecule has 0 saturated heterocycles. The molecule has 0 aliphatic carbocycles. The molecule has 0 aliphatic rings. The van der Waals surface area contributed by atoms with Gasteiger partial charge in [0, 0.05) is 19.3 Å². The smallest absolute Gasteiger partial charge is 0.306 e. The molecule has 266 valence electrons. The Balaban J connectivity index is 4.19. The molecule has 1 atom stereocenters. The molecule has 0 spiro atoms. The lowest BCUT2D eigenvalue weighted by atomic mass is 10.0. The number of carbonyl (C=O) groups is 3. The first-order chi connectivity index (χ1) is 22.0. The largest absolute Gasteiger partial charge is 0.462 e. The zero-order valence-electron chi connectivity index (χ0n) is 30.2. The molecule has 0 aromatic heterocycles. The van der Waals surface area contributed by atoms with Crippen LogP contribution >= 0.6 is 0 Å². The number of carbonyl (C=O) groups excluding carboxylic acids is 3. The van der Waals surface area contributed by atoms with E-state index in [0.29, 0.717) is 19.3 Å². The van der Waals surface area contributed by atoms with E-state index >= 15 is 0 Å². The third kappa shape index (κ3) is 33.6. The van der Waals surface area contributed by atoms with Gasteiger partial charge < -0.3 is 14.2 Å². The summed E-state index contributed by atoms with van der Waals surface area (Å²) >= 11 is 0. The number of hydrogen-bond acceptors (Lipinski definition) is 6. The summed E-state index contributed by atoms with van der Waals surface area (Å²) in [6.07, 6.45) is 32.7. The lowest BCUT2D eigenvalue weighted by molar-refractivity contribution is -0.167. The van der Waals surface area contributed by atoms with Crippen LogP contribution in [0.2, 0.25) is 0 Å². The van der Waals surface area contributed by atoms with Gasteiger partial charge in [-0.15, -0.1) is 0 Å². The van der Waals surface area contributed by atoms with Crippen LogP contribution in [0.1, 0.15) is 213 Å². The molecule has 0 saturated carbocycles. The van der Waals surface area contributed by atoms with Crippen molar-refractivity contribution in [3.05, 3.63) is 0 Å². The van der Waals surface area contributed by atoms with Crippen LogP contribution in [0.4, 0.5) is 0 Å². The Bertz CT molecular complexity index is 664. The second-order valence-electron chi connectivity index (χ2n) is 13.2. The molecule has 0 aromatic carbocycles. The van der Waals surface area contributed by atoms with Crippen LogP contribution in [0.5, 0.6) is 0 Å². The van der Waals surface area contributed by atoms with Gasteiger partial charge in [-0.05, 0) is 19.3 Å². The standard InChI is InChI=1S/C39H74O6/c1-4-7-10-13-15-16-17-18-19-20-21-22-24-27-30-33-39(42)45-36(34-43-37(40)31-28-25-12-9-6-3)35-44-38(41)32-29-26-23-14-11-8-5-2/h36H,4-35H2,1-3H3/t36-/m1/s1. The fourth-order valence-electron chi connectivity index (χ4n) is 5.62. The number of unbranched alkanes of at least 4 members (excludes halogenated alkanes) is 24. The molecule has 0 fully saturated rings. The number of rotatable bonds is 35. The van der Waals surface area contributed by atoms with Crippen LogP contribution in [0.15, 0.2) is 0 Å². The van der Waals surface area contributed by atoms with Crippen LogP contribution in [0, 0.1) is 0 Å². The van der Waals surface area contributed by atoms with Crippen LogP contribution < -0.4 is 0 Å². The highest BCUT2D eigenvalue weighted by Crippen LogP contribution is 2.15. The van der Waals surface area contributed by atoms with Crippen molar-refractivity contribution in [1.82, 2.24) is 0 Å². The molecule has 6 heteroatoms. The summed E-state index contributed by atoms with van der Waals surface area (Å²) in [7, 11) is 0. The van der Waals surface area contributed by atoms with Gasteiger partial charge in [0.1, 0.15) is 13.2 Å². The monoisotopic (exact) mass is 639 g/mol. The fraction of sp³-hybridized carbons (Fsp3) is 0.923. The zero-order chi connectivity index (χ0) is 33.1. The Morgan fingerprint density at radius 3 is 0.889 bits per heavy atom. The van der Waals surface area contributed by atoms with E-state index < -0.39 is 6.10 Å². The van der Waals surface area contributed by atoms with Gasteiger partial charge in [-0.25, -0.2) is 0 Å². The molecule has 45 heavy (non-hydrogen) atoms. The zero-order valence-corrected chi connectivity index (χ0v) is 30.2.